The molecule has 1 aliphatic heterocycles. The number of nitrogens with one attached hydrogen (secondary N) is 2. The zero-order chi connectivity index (χ0) is 16.5. The number of carbonyl (C=O) groups excluding carboxylic acids is 1. The van der Waals surface area contributed by atoms with Gasteiger partial charge in [0.05, 0.1) is 5.69 Å². The van der Waals surface area contributed by atoms with Crippen molar-refractivity contribution in [3.63, 3.8) is 0 Å². The zero-order valence-electron chi connectivity index (χ0n) is 13.4. The van der Waals surface area contributed by atoms with Crippen LogP contribution in [0.3, 0.4) is 0 Å². The highest BCUT2D eigenvalue weighted by Gasteiger charge is 2.28. The van der Waals surface area contributed by atoms with E-state index in [1.54, 1.807) is 12.4 Å². The minimum absolute atomic E-state index is 0.0388. The fourth-order valence-electron chi connectivity index (χ4n) is 3.28. The van der Waals surface area contributed by atoms with Gasteiger partial charge >= 0.3 is 0 Å². The lowest BCUT2D eigenvalue weighted by atomic mass is 10.1. The minimum Gasteiger partial charge on any atom is -0.353 e. The van der Waals surface area contributed by atoms with E-state index in [-0.39, 0.29) is 5.91 Å². The Bertz CT molecular complexity index is 885. The number of fused-ring (bicyclic) bond motifs is 1. The van der Waals surface area contributed by atoms with Crippen molar-refractivity contribution in [2.75, 3.05) is 11.9 Å². The number of amides is 1. The van der Waals surface area contributed by atoms with Crippen LogP contribution in [0.5, 0.6) is 0 Å². The third-order valence-electron chi connectivity index (χ3n) is 4.37. The van der Waals surface area contributed by atoms with E-state index in [9.17, 15) is 4.79 Å². The summed E-state index contributed by atoms with van der Waals surface area (Å²) in [4.78, 5) is 16.6. The third-order valence-corrected chi connectivity index (χ3v) is 4.37. The molecule has 1 amide bonds. The number of para-hydroxylation sites is 1. The van der Waals surface area contributed by atoms with Crippen LogP contribution < -0.4 is 10.6 Å². The molecule has 1 aromatic carbocycles. The summed E-state index contributed by atoms with van der Waals surface area (Å²) in [6.07, 6.45) is 3.55. The summed E-state index contributed by atoms with van der Waals surface area (Å²) in [7, 11) is 0. The number of anilines is 2. The summed E-state index contributed by atoms with van der Waals surface area (Å²) in [5, 5.41) is 6.39. The Morgan fingerprint density at radius 3 is 2.62 bits per heavy atom. The van der Waals surface area contributed by atoms with E-state index in [1.165, 1.54) is 0 Å². The molecule has 0 fully saturated rings. The molecule has 0 aliphatic carbocycles. The van der Waals surface area contributed by atoms with Crippen molar-refractivity contribution < 1.29 is 4.79 Å². The van der Waals surface area contributed by atoms with Gasteiger partial charge in [-0.3, -0.25) is 9.78 Å². The maximum absolute atomic E-state index is 12.5. The summed E-state index contributed by atoms with van der Waals surface area (Å²) in [6.45, 7) is 3.50. The van der Waals surface area contributed by atoms with Crippen LogP contribution in [0, 0.1) is 6.92 Å². The van der Waals surface area contributed by atoms with Crippen LogP contribution in [0.4, 0.5) is 11.4 Å². The molecule has 0 atom stereocenters. The summed E-state index contributed by atoms with van der Waals surface area (Å²) in [5.41, 5.74) is 5.68. The van der Waals surface area contributed by atoms with E-state index in [2.05, 4.69) is 27.1 Å². The van der Waals surface area contributed by atoms with Gasteiger partial charge in [0.2, 0.25) is 0 Å². The number of carbonyl (C=O) groups is 1. The van der Waals surface area contributed by atoms with Crippen LogP contribution in [0.15, 0.2) is 54.9 Å². The van der Waals surface area contributed by atoms with E-state index < -0.39 is 0 Å². The van der Waals surface area contributed by atoms with Crippen molar-refractivity contribution in [3.05, 3.63) is 66.2 Å². The van der Waals surface area contributed by atoms with Crippen molar-refractivity contribution in [3.8, 4) is 11.1 Å². The lowest BCUT2D eigenvalue weighted by molar-refractivity contribution is 0.0928. The highest BCUT2D eigenvalue weighted by atomic mass is 16.2. The Morgan fingerprint density at radius 1 is 1.12 bits per heavy atom. The third kappa shape index (κ3) is 2.34. The molecule has 5 heteroatoms. The van der Waals surface area contributed by atoms with Gasteiger partial charge in [-0.05, 0) is 36.8 Å². The standard InChI is InChI=1S/C19H18N4O/c1-13-16(14-7-9-20-10-8-14)17(22-15-5-3-2-4-6-15)18-19(24)21-11-12-23(13)18/h2-10,22H,11-12H2,1H3,(H,21,24). The molecule has 2 aromatic heterocycles. The Labute approximate surface area is 140 Å². The molecule has 3 heterocycles. The molecule has 0 radical (unpaired) electrons. The lowest BCUT2D eigenvalue weighted by Crippen LogP contribution is -2.35. The second kappa shape index (κ2) is 5.85. The average Bonchev–Trinajstić information content (AvgIpc) is 2.90. The first kappa shape index (κ1) is 14.5. The minimum atomic E-state index is -0.0388. The van der Waals surface area contributed by atoms with Gasteiger partial charge in [-0.15, -0.1) is 0 Å². The van der Waals surface area contributed by atoms with Gasteiger partial charge in [-0.2, -0.15) is 0 Å². The molecule has 0 bridgehead atoms. The maximum atomic E-state index is 12.5. The first-order chi connectivity index (χ1) is 11.8. The van der Waals surface area contributed by atoms with Crippen molar-refractivity contribution in [1.29, 1.82) is 0 Å². The maximum Gasteiger partial charge on any atom is 0.270 e. The molecule has 3 aromatic rings. The second-order valence-electron chi connectivity index (χ2n) is 5.82. The molecular weight excluding hydrogens is 300 g/mol. The Kier molecular flexibility index (Phi) is 3.54. The highest BCUT2D eigenvalue weighted by molar-refractivity contribution is 6.04. The van der Waals surface area contributed by atoms with Gasteiger partial charge in [0.25, 0.3) is 5.91 Å². The fraction of sp³-hybridized carbons (Fsp3) is 0.158. The Hall–Kier alpha value is -3.08. The van der Waals surface area contributed by atoms with Crippen LogP contribution in [0.2, 0.25) is 0 Å². The molecular formula is C19H18N4O. The predicted octanol–water partition coefficient (Wildman–Crippen LogP) is 3.35. The fourth-order valence-corrected chi connectivity index (χ4v) is 3.28. The molecule has 24 heavy (non-hydrogen) atoms. The van der Waals surface area contributed by atoms with Crippen LogP contribution in [0.25, 0.3) is 11.1 Å². The monoisotopic (exact) mass is 318 g/mol. The Morgan fingerprint density at radius 2 is 1.88 bits per heavy atom. The number of rotatable bonds is 3. The topological polar surface area (TPSA) is 59.0 Å². The summed E-state index contributed by atoms with van der Waals surface area (Å²) < 4.78 is 2.10. The summed E-state index contributed by atoms with van der Waals surface area (Å²) >= 11 is 0. The number of aromatic nitrogens is 2. The van der Waals surface area contributed by atoms with Crippen molar-refractivity contribution in [2.24, 2.45) is 0 Å². The van der Waals surface area contributed by atoms with E-state index >= 15 is 0 Å². The number of pyridine rings is 1. The van der Waals surface area contributed by atoms with E-state index in [1.807, 2.05) is 42.5 Å². The van der Waals surface area contributed by atoms with E-state index in [4.69, 9.17) is 0 Å². The number of hydrogen-bond donors (Lipinski definition) is 2. The average molecular weight is 318 g/mol. The van der Waals surface area contributed by atoms with E-state index in [0.717, 1.165) is 34.7 Å². The molecule has 0 spiro atoms. The quantitative estimate of drug-likeness (QED) is 0.778. The number of hydrogen-bond acceptors (Lipinski definition) is 3. The first-order valence-electron chi connectivity index (χ1n) is 7.99. The van der Waals surface area contributed by atoms with Gasteiger partial charge in [0.1, 0.15) is 5.69 Å². The second-order valence-corrected chi connectivity index (χ2v) is 5.82. The smallest absolute Gasteiger partial charge is 0.270 e. The molecule has 0 saturated carbocycles. The number of nitrogens with zero attached hydrogens (tertiary/aromatic N) is 2. The van der Waals surface area contributed by atoms with Gasteiger partial charge in [0.15, 0.2) is 0 Å². The first-order valence-corrected chi connectivity index (χ1v) is 7.99. The molecule has 120 valence electrons. The SMILES string of the molecule is Cc1c(-c2ccncc2)c(Nc2ccccc2)c2n1CCNC2=O. The molecule has 2 N–H and O–H groups in total. The molecule has 1 aliphatic rings. The van der Waals surface area contributed by atoms with Gasteiger partial charge in [0, 0.05) is 42.4 Å². The predicted molar refractivity (Wildman–Crippen MR) is 94.5 cm³/mol. The molecule has 0 saturated heterocycles. The van der Waals surface area contributed by atoms with Crippen LogP contribution in [0.1, 0.15) is 16.2 Å². The van der Waals surface area contributed by atoms with E-state index in [0.29, 0.717) is 12.2 Å². The number of benzene rings is 1. The lowest BCUT2D eigenvalue weighted by Gasteiger charge is -2.18. The molecule has 5 nitrogen and oxygen atoms in total. The van der Waals surface area contributed by atoms with Crippen LogP contribution in [-0.4, -0.2) is 22.0 Å². The molecule has 0 unspecified atom stereocenters. The van der Waals surface area contributed by atoms with Gasteiger partial charge < -0.3 is 15.2 Å². The zero-order valence-corrected chi connectivity index (χ0v) is 13.4. The van der Waals surface area contributed by atoms with Crippen molar-refractivity contribution in [2.45, 2.75) is 13.5 Å². The van der Waals surface area contributed by atoms with Gasteiger partial charge in [-0.1, -0.05) is 18.2 Å². The molecule has 4 rings (SSSR count). The summed E-state index contributed by atoms with van der Waals surface area (Å²) in [5.74, 6) is -0.0388. The van der Waals surface area contributed by atoms with Crippen molar-refractivity contribution >= 4 is 17.3 Å². The normalized spacial score (nSPS) is 13.3. The van der Waals surface area contributed by atoms with Crippen molar-refractivity contribution in [1.82, 2.24) is 14.9 Å². The highest BCUT2D eigenvalue weighted by Crippen LogP contribution is 2.39. The Balaban J connectivity index is 1.94. The largest absolute Gasteiger partial charge is 0.353 e. The van der Waals surface area contributed by atoms with Crippen LogP contribution >= 0.6 is 0 Å². The van der Waals surface area contributed by atoms with Gasteiger partial charge in [-0.25, -0.2) is 0 Å². The summed E-state index contributed by atoms with van der Waals surface area (Å²) in [6, 6.07) is 13.9. The van der Waals surface area contributed by atoms with Crippen LogP contribution in [-0.2, 0) is 6.54 Å².